The highest BCUT2D eigenvalue weighted by Crippen LogP contribution is 2.07. The fourth-order valence-corrected chi connectivity index (χ4v) is 3.54. The third-order valence-corrected chi connectivity index (χ3v) is 5.31. The first-order valence-electron chi connectivity index (χ1n) is 11.1. The van der Waals surface area contributed by atoms with E-state index in [-0.39, 0.29) is 24.8 Å². The van der Waals surface area contributed by atoms with E-state index in [9.17, 15) is 19.5 Å². The van der Waals surface area contributed by atoms with Gasteiger partial charge in [0.2, 0.25) is 12.2 Å². The van der Waals surface area contributed by atoms with Crippen molar-refractivity contribution in [2.75, 3.05) is 0 Å². The summed E-state index contributed by atoms with van der Waals surface area (Å²) in [5.74, 6) is -2.30. The number of aliphatic carboxylic acids is 1. The van der Waals surface area contributed by atoms with Crippen LogP contribution in [0.1, 0.15) is 25.1 Å². The number of carboxylic acids is 1. The van der Waals surface area contributed by atoms with Gasteiger partial charge in [-0.15, -0.1) is 0 Å². The second kappa shape index (κ2) is 11.7. The van der Waals surface area contributed by atoms with Crippen LogP contribution in [0.2, 0.25) is 0 Å². The lowest BCUT2D eigenvalue weighted by Crippen LogP contribution is -2.54. The molecule has 178 valence electrons. The van der Waals surface area contributed by atoms with E-state index in [1.54, 1.807) is 37.1 Å². The maximum Gasteiger partial charge on any atom is 0.326 e. The average molecular weight is 465 g/mol. The average Bonchev–Trinajstić information content (AvgIpc) is 3.24. The summed E-state index contributed by atoms with van der Waals surface area (Å²) >= 11 is 0. The Morgan fingerprint density at radius 1 is 1.06 bits per heavy atom. The van der Waals surface area contributed by atoms with Crippen LogP contribution >= 0.6 is 0 Å². The Hall–Kier alpha value is -4.01. The summed E-state index contributed by atoms with van der Waals surface area (Å²) in [6.07, 6.45) is 7.38. The van der Waals surface area contributed by atoms with Crippen molar-refractivity contribution in [3.05, 3.63) is 84.7 Å². The first kappa shape index (κ1) is 24.6. The molecule has 2 amide bonds. The van der Waals surface area contributed by atoms with E-state index >= 15 is 0 Å². The molecule has 2 heterocycles. The van der Waals surface area contributed by atoms with Gasteiger partial charge in [-0.25, -0.2) is 13.9 Å². The SMILES string of the molecule is CC(C)[C@H](NC(=O)[C@H](Cc1ccccc1)NC(=O)Cn1cc[n+](Cc2ccccn2)c1)C(=O)O. The van der Waals surface area contributed by atoms with Crippen LogP contribution in [0.5, 0.6) is 0 Å². The molecule has 34 heavy (non-hydrogen) atoms. The van der Waals surface area contributed by atoms with Crippen molar-refractivity contribution in [1.82, 2.24) is 20.2 Å². The number of pyridine rings is 1. The molecule has 0 spiro atoms. The number of carbonyl (C=O) groups is 3. The molecule has 9 nitrogen and oxygen atoms in total. The summed E-state index contributed by atoms with van der Waals surface area (Å²) in [7, 11) is 0. The number of aromatic nitrogens is 3. The number of hydrogen-bond donors (Lipinski definition) is 3. The molecule has 0 aliphatic heterocycles. The highest BCUT2D eigenvalue weighted by molar-refractivity contribution is 5.90. The topological polar surface area (TPSA) is 117 Å². The lowest BCUT2D eigenvalue weighted by Gasteiger charge is -2.23. The van der Waals surface area contributed by atoms with Crippen LogP contribution < -0.4 is 15.2 Å². The van der Waals surface area contributed by atoms with Gasteiger partial charge in [0.15, 0.2) is 6.54 Å². The zero-order valence-electron chi connectivity index (χ0n) is 19.3. The molecule has 1 aromatic carbocycles. The van der Waals surface area contributed by atoms with Crippen molar-refractivity contribution in [3.8, 4) is 0 Å². The third kappa shape index (κ3) is 7.26. The van der Waals surface area contributed by atoms with E-state index < -0.39 is 24.0 Å². The Bertz CT molecular complexity index is 1100. The second-order valence-corrected chi connectivity index (χ2v) is 8.46. The van der Waals surface area contributed by atoms with Gasteiger partial charge in [0, 0.05) is 12.6 Å². The van der Waals surface area contributed by atoms with Crippen molar-refractivity contribution in [1.29, 1.82) is 0 Å². The van der Waals surface area contributed by atoms with Crippen LogP contribution in [0.3, 0.4) is 0 Å². The number of hydrogen-bond acceptors (Lipinski definition) is 4. The lowest BCUT2D eigenvalue weighted by atomic mass is 10.0. The number of nitrogens with zero attached hydrogens (tertiary/aromatic N) is 3. The Labute approximate surface area is 198 Å². The molecular formula is C25H30N5O4+. The molecule has 2 aromatic heterocycles. The number of imidazole rings is 1. The van der Waals surface area contributed by atoms with Gasteiger partial charge in [-0.3, -0.25) is 14.6 Å². The Morgan fingerprint density at radius 2 is 1.79 bits per heavy atom. The molecule has 0 unspecified atom stereocenters. The highest BCUT2D eigenvalue weighted by atomic mass is 16.4. The van der Waals surface area contributed by atoms with E-state index in [0.717, 1.165) is 11.3 Å². The van der Waals surface area contributed by atoms with Gasteiger partial charge in [0.25, 0.3) is 5.91 Å². The van der Waals surface area contributed by atoms with Crippen molar-refractivity contribution in [2.24, 2.45) is 5.92 Å². The largest absolute Gasteiger partial charge is 0.480 e. The molecule has 0 saturated heterocycles. The predicted octanol–water partition coefficient (Wildman–Crippen LogP) is 1.17. The molecule has 0 saturated carbocycles. The highest BCUT2D eigenvalue weighted by Gasteiger charge is 2.29. The first-order chi connectivity index (χ1) is 16.3. The van der Waals surface area contributed by atoms with E-state index in [2.05, 4.69) is 15.6 Å². The summed E-state index contributed by atoms with van der Waals surface area (Å²) in [6, 6.07) is 13.0. The van der Waals surface area contributed by atoms with Gasteiger partial charge in [-0.05, 0) is 23.6 Å². The predicted molar refractivity (Wildman–Crippen MR) is 124 cm³/mol. The molecule has 3 rings (SSSR count). The summed E-state index contributed by atoms with van der Waals surface area (Å²) in [5.41, 5.74) is 1.75. The van der Waals surface area contributed by atoms with Crippen LogP contribution in [0.25, 0.3) is 0 Å². The monoisotopic (exact) mass is 464 g/mol. The minimum atomic E-state index is -1.11. The summed E-state index contributed by atoms with van der Waals surface area (Å²) in [6.45, 7) is 4.02. The number of carboxylic acid groups (broad SMARTS) is 1. The molecule has 0 fully saturated rings. The number of benzene rings is 1. The molecule has 9 heteroatoms. The molecule has 2 atom stereocenters. The second-order valence-electron chi connectivity index (χ2n) is 8.46. The maximum absolute atomic E-state index is 13.0. The summed E-state index contributed by atoms with van der Waals surface area (Å²) in [4.78, 5) is 41.6. The zero-order valence-corrected chi connectivity index (χ0v) is 19.3. The first-order valence-corrected chi connectivity index (χ1v) is 11.1. The van der Waals surface area contributed by atoms with Gasteiger partial charge in [-0.2, -0.15) is 0 Å². The maximum atomic E-state index is 13.0. The van der Waals surface area contributed by atoms with Crippen molar-refractivity contribution in [2.45, 2.75) is 45.4 Å². The van der Waals surface area contributed by atoms with Gasteiger partial charge >= 0.3 is 5.97 Å². The van der Waals surface area contributed by atoms with E-state index in [1.807, 2.05) is 59.3 Å². The van der Waals surface area contributed by atoms with Crippen molar-refractivity contribution >= 4 is 17.8 Å². The third-order valence-electron chi connectivity index (χ3n) is 5.31. The smallest absolute Gasteiger partial charge is 0.326 e. The summed E-state index contributed by atoms with van der Waals surface area (Å²) in [5, 5.41) is 14.8. The van der Waals surface area contributed by atoms with E-state index in [4.69, 9.17) is 0 Å². The lowest BCUT2D eigenvalue weighted by molar-refractivity contribution is -0.688. The van der Waals surface area contributed by atoms with Gasteiger partial charge in [0.1, 0.15) is 31.0 Å². The number of rotatable bonds is 11. The van der Waals surface area contributed by atoms with Crippen molar-refractivity contribution < 1.29 is 24.1 Å². The Balaban J connectivity index is 1.67. The van der Waals surface area contributed by atoms with Gasteiger partial charge in [-0.1, -0.05) is 50.2 Å². The quantitative estimate of drug-likeness (QED) is 0.368. The minimum absolute atomic E-state index is 0.0142. The Kier molecular flexibility index (Phi) is 8.50. The van der Waals surface area contributed by atoms with Crippen molar-refractivity contribution in [3.63, 3.8) is 0 Å². The number of nitrogens with one attached hydrogen (secondary N) is 2. The number of carbonyl (C=O) groups excluding carboxylic acids is 2. The van der Waals surface area contributed by atoms with Crippen LogP contribution in [0, 0.1) is 5.92 Å². The fourth-order valence-electron chi connectivity index (χ4n) is 3.54. The van der Waals surface area contributed by atoms with Crippen LogP contribution in [0.4, 0.5) is 0 Å². The molecule has 3 aromatic rings. The molecule has 0 aliphatic carbocycles. The number of amides is 2. The van der Waals surface area contributed by atoms with Gasteiger partial charge in [0.05, 0.1) is 5.69 Å². The normalized spacial score (nSPS) is 12.7. The van der Waals surface area contributed by atoms with E-state index in [0.29, 0.717) is 6.54 Å². The van der Waals surface area contributed by atoms with Crippen LogP contribution in [-0.2, 0) is 33.9 Å². The molecule has 3 N–H and O–H groups in total. The standard InChI is InChI=1S/C25H29N5O4/c1-18(2)23(25(33)34)28-24(32)21(14-19-8-4-3-5-9-19)27-22(31)16-30-13-12-29(17-30)15-20-10-6-7-11-26-20/h3-13,17-18,21,23H,14-16H2,1-2H3,(H2-,27,28,31,32,33,34)/p+1/t21-,23-/m0/s1. The van der Waals surface area contributed by atoms with Crippen LogP contribution in [-0.4, -0.2) is 44.5 Å². The Morgan fingerprint density at radius 3 is 2.44 bits per heavy atom. The fraction of sp³-hybridized carbons (Fsp3) is 0.320. The van der Waals surface area contributed by atoms with Gasteiger partial charge < -0.3 is 15.7 Å². The zero-order chi connectivity index (χ0) is 24.5. The molecular weight excluding hydrogens is 434 g/mol. The van der Waals surface area contributed by atoms with E-state index in [1.165, 1.54) is 0 Å². The minimum Gasteiger partial charge on any atom is -0.480 e. The summed E-state index contributed by atoms with van der Waals surface area (Å²) < 4.78 is 3.62. The molecule has 0 aliphatic rings. The molecule has 0 radical (unpaired) electrons. The molecule has 0 bridgehead atoms. The van der Waals surface area contributed by atoms with Crippen LogP contribution in [0.15, 0.2) is 73.4 Å².